The molecule has 2 aromatic rings. The second kappa shape index (κ2) is 7.09. The summed E-state index contributed by atoms with van der Waals surface area (Å²) in [6.45, 7) is 4.02. The first-order chi connectivity index (χ1) is 10.5. The Hall–Kier alpha value is -2.33. The molecule has 0 aliphatic carbocycles. The minimum atomic E-state index is -0.540. The highest BCUT2D eigenvalue weighted by Crippen LogP contribution is 2.28. The molecule has 0 heterocycles. The molecule has 4 heteroatoms. The Morgan fingerprint density at radius 3 is 2.45 bits per heavy atom. The third-order valence-corrected chi connectivity index (χ3v) is 3.69. The van der Waals surface area contributed by atoms with Crippen LogP contribution in [0.1, 0.15) is 35.7 Å². The van der Waals surface area contributed by atoms with Gasteiger partial charge in [-0.1, -0.05) is 48.0 Å². The lowest BCUT2D eigenvalue weighted by Crippen LogP contribution is -2.35. The zero-order valence-electron chi connectivity index (χ0n) is 13.2. The largest absolute Gasteiger partial charge is 0.496 e. The number of nitrogens with one attached hydrogen (secondary N) is 1. The van der Waals surface area contributed by atoms with Gasteiger partial charge in [0.25, 0.3) is 0 Å². The van der Waals surface area contributed by atoms with Crippen LogP contribution in [0.3, 0.4) is 0 Å². The molecule has 0 unspecified atom stereocenters. The van der Waals surface area contributed by atoms with Crippen molar-refractivity contribution >= 4 is 5.91 Å². The van der Waals surface area contributed by atoms with Gasteiger partial charge in [0, 0.05) is 11.6 Å². The Labute approximate surface area is 131 Å². The third kappa shape index (κ3) is 3.65. The van der Waals surface area contributed by atoms with Crippen LogP contribution in [0.4, 0.5) is 0 Å². The van der Waals surface area contributed by atoms with E-state index in [1.165, 1.54) is 0 Å². The Bertz CT molecular complexity index is 641. The number of rotatable bonds is 6. The van der Waals surface area contributed by atoms with E-state index in [-0.39, 0.29) is 6.04 Å². The van der Waals surface area contributed by atoms with Crippen molar-refractivity contribution < 1.29 is 9.53 Å². The molecule has 116 valence electrons. The average Bonchev–Trinajstić information content (AvgIpc) is 2.52. The van der Waals surface area contributed by atoms with Gasteiger partial charge in [-0.3, -0.25) is 10.1 Å². The predicted octanol–water partition coefficient (Wildman–Crippen LogP) is 2.88. The number of methoxy groups -OCH3 is 1. The lowest BCUT2D eigenvalue weighted by Gasteiger charge is -2.23. The molecule has 1 amide bonds. The van der Waals surface area contributed by atoms with Gasteiger partial charge < -0.3 is 10.5 Å². The van der Waals surface area contributed by atoms with Crippen LogP contribution < -0.4 is 15.8 Å². The first kappa shape index (κ1) is 16.0. The summed E-state index contributed by atoms with van der Waals surface area (Å²) in [4.78, 5) is 11.8. The van der Waals surface area contributed by atoms with Crippen molar-refractivity contribution in [1.82, 2.24) is 5.32 Å². The predicted molar refractivity (Wildman–Crippen MR) is 87.7 cm³/mol. The van der Waals surface area contributed by atoms with E-state index in [1.54, 1.807) is 7.11 Å². The Balaban J connectivity index is 2.27. The van der Waals surface area contributed by atoms with Crippen LogP contribution in [0.15, 0.2) is 48.5 Å². The van der Waals surface area contributed by atoms with Crippen LogP contribution in [0.2, 0.25) is 0 Å². The molecule has 2 aromatic carbocycles. The van der Waals surface area contributed by atoms with Crippen molar-refractivity contribution in [3.63, 3.8) is 0 Å². The number of hydrogen-bond acceptors (Lipinski definition) is 3. The molecule has 4 nitrogen and oxygen atoms in total. The zero-order valence-corrected chi connectivity index (χ0v) is 13.2. The molecular weight excluding hydrogens is 276 g/mol. The van der Waals surface area contributed by atoms with E-state index in [2.05, 4.69) is 11.4 Å². The Kier molecular flexibility index (Phi) is 5.17. The highest BCUT2D eigenvalue weighted by atomic mass is 16.5. The van der Waals surface area contributed by atoms with Gasteiger partial charge in [0.15, 0.2) is 0 Å². The van der Waals surface area contributed by atoms with Crippen LogP contribution in [-0.2, 0) is 4.79 Å². The topological polar surface area (TPSA) is 64.3 Å². The standard InChI is InChI=1S/C18H22N2O2/c1-12-9-10-16(22-3)15(11-12)13(2)20-17(18(19)21)14-7-5-4-6-8-14/h4-11,13,17,20H,1-3H3,(H2,19,21)/t13-,17-/m0/s1. The van der Waals surface area contributed by atoms with Gasteiger partial charge in [-0.2, -0.15) is 0 Å². The quantitative estimate of drug-likeness (QED) is 0.862. The van der Waals surface area contributed by atoms with Crippen molar-refractivity contribution in [2.45, 2.75) is 25.9 Å². The SMILES string of the molecule is COc1ccc(C)cc1[C@H](C)N[C@H](C(N)=O)c1ccccc1. The first-order valence-electron chi connectivity index (χ1n) is 7.27. The van der Waals surface area contributed by atoms with Crippen LogP contribution in [-0.4, -0.2) is 13.0 Å². The average molecular weight is 298 g/mol. The van der Waals surface area contributed by atoms with E-state index >= 15 is 0 Å². The maximum atomic E-state index is 11.8. The summed E-state index contributed by atoms with van der Waals surface area (Å²) >= 11 is 0. The maximum Gasteiger partial charge on any atom is 0.239 e. The van der Waals surface area contributed by atoms with Gasteiger partial charge in [0.1, 0.15) is 11.8 Å². The van der Waals surface area contributed by atoms with Gasteiger partial charge in [-0.15, -0.1) is 0 Å². The molecule has 2 rings (SSSR count). The van der Waals surface area contributed by atoms with Crippen molar-refractivity contribution in [3.05, 3.63) is 65.2 Å². The number of carbonyl (C=O) groups is 1. The number of hydrogen-bond donors (Lipinski definition) is 2. The third-order valence-electron chi connectivity index (χ3n) is 3.69. The fourth-order valence-corrected chi connectivity index (χ4v) is 2.52. The molecule has 0 spiro atoms. The molecule has 0 saturated carbocycles. The normalized spacial score (nSPS) is 13.4. The lowest BCUT2D eigenvalue weighted by atomic mass is 10.0. The van der Waals surface area contributed by atoms with Crippen molar-refractivity contribution in [1.29, 1.82) is 0 Å². The molecule has 2 atom stereocenters. The number of benzene rings is 2. The van der Waals surface area contributed by atoms with Gasteiger partial charge in [-0.05, 0) is 25.5 Å². The number of ether oxygens (including phenoxy) is 1. The monoisotopic (exact) mass is 298 g/mol. The van der Waals surface area contributed by atoms with E-state index in [4.69, 9.17) is 10.5 Å². The maximum absolute atomic E-state index is 11.8. The molecule has 0 bridgehead atoms. The van der Waals surface area contributed by atoms with Gasteiger partial charge in [-0.25, -0.2) is 0 Å². The molecular formula is C18H22N2O2. The minimum Gasteiger partial charge on any atom is -0.496 e. The first-order valence-corrected chi connectivity index (χ1v) is 7.27. The molecule has 0 aromatic heterocycles. The number of carbonyl (C=O) groups excluding carboxylic acids is 1. The number of aryl methyl sites for hydroxylation is 1. The van der Waals surface area contributed by atoms with E-state index < -0.39 is 11.9 Å². The Morgan fingerprint density at radius 1 is 1.18 bits per heavy atom. The zero-order chi connectivity index (χ0) is 16.1. The molecule has 3 N–H and O–H groups in total. The van der Waals surface area contributed by atoms with Crippen molar-refractivity contribution in [2.75, 3.05) is 7.11 Å². The van der Waals surface area contributed by atoms with E-state index in [0.29, 0.717) is 0 Å². The summed E-state index contributed by atoms with van der Waals surface area (Å²) in [5.74, 6) is 0.395. The fraction of sp³-hybridized carbons (Fsp3) is 0.278. The van der Waals surface area contributed by atoms with E-state index in [0.717, 1.165) is 22.4 Å². The molecule has 0 saturated heterocycles. The van der Waals surface area contributed by atoms with Crippen molar-refractivity contribution in [2.24, 2.45) is 5.73 Å². The molecule has 0 aliphatic heterocycles. The van der Waals surface area contributed by atoms with E-state index in [1.807, 2.05) is 56.3 Å². The highest BCUT2D eigenvalue weighted by molar-refractivity contribution is 5.81. The smallest absolute Gasteiger partial charge is 0.239 e. The molecule has 0 fully saturated rings. The fourth-order valence-electron chi connectivity index (χ4n) is 2.52. The summed E-state index contributed by atoms with van der Waals surface area (Å²) < 4.78 is 5.41. The second-order valence-electron chi connectivity index (χ2n) is 5.38. The lowest BCUT2D eigenvalue weighted by molar-refractivity contribution is -0.120. The summed E-state index contributed by atoms with van der Waals surface area (Å²) in [6, 6.07) is 14.9. The molecule has 0 radical (unpaired) electrons. The van der Waals surface area contributed by atoms with E-state index in [9.17, 15) is 4.79 Å². The second-order valence-corrected chi connectivity index (χ2v) is 5.38. The number of amides is 1. The highest BCUT2D eigenvalue weighted by Gasteiger charge is 2.22. The van der Waals surface area contributed by atoms with Crippen LogP contribution in [0.5, 0.6) is 5.75 Å². The van der Waals surface area contributed by atoms with Gasteiger partial charge in [0.2, 0.25) is 5.91 Å². The summed E-state index contributed by atoms with van der Waals surface area (Å²) in [7, 11) is 1.64. The summed E-state index contributed by atoms with van der Waals surface area (Å²) in [5, 5.41) is 3.30. The molecule has 22 heavy (non-hydrogen) atoms. The Morgan fingerprint density at radius 2 is 1.86 bits per heavy atom. The summed E-state index contributed by atoms with van der Waals surface area (Å²) in [5.41, 5.74) is 8.56. The molecule has 0 aliphatic rings. The van der Waals surface area contributed by atoms with Crippen LogP contribution >= 0.6 is 0 Å². The van der Waals surface area contributed by atoms with Crippen LogP contribution in [0.25, 0.3) is 0 Å². The van der Waals surface area contributed by atoms with Crippen LogP contribution in [0, 0.1) is 6.92 Å². The van der Waals surface area contributed by atoms with Gasteiger partial charge in [0.05, 0.1) is 7.11 Å². The minimum absolute atomic E-state index is 0.0763. The number of primary amides is 1. The van der Waals surface area contributed by atoms with Crippen molar-refractivity contribution in [3.8, 4) is 5.75 Å². The summed E-state index contributed by atoms with van der Waals surface area (Å²) in [6.07, 6.45) is 0. The number of nitrogens with two attached hydrogens (primary N) is 1. The van der Waals surface area contributed by atoms with Gasteiger partial charge >= 0.3 is 0 Å².